The molecule has 202 valence electrons. The molecule has 1 aliphatic carbocycles. The number of hydrogen-bond donors (Lipinski definition) is 4. The number of ether oxygens (including phenoxy) is 2. The Balaban J connectivity index is 1.44. The third-order valence-electron chi connectivity index (χ3n) is 5.99. The molecule has 1 aromatic heterocycles. The Kier molecular flexibility index (Phi) is 8.64. The lowest BCUT2D eigenvalue weighted by molar-refractivity contribution is 0.354. The first-order valence-corrected chi connectivity index (χ1v) is 13.7. The maximum atomic E-state index is 12.0. The van der Waals surface area contributed by atoms with E-state index < -0.39 is 10.0 Å². The fourth-order valence-electron chi connectivity index (χ4n) is 3.64. The van der Waals surface area contributed by atoms with Crippen LogP contribution < -0.4 is 30.3 Å². The summed E-state index contributed by atoms with van der Waals surface area (Å²) in [7, 11) is 1.13. The van der Waals surface area contributed by atoms with Crippen molar-refractivity contribution in [3.8, 4) is 11.5 Å². The first-order valence-electron chi connectivity index (χ1n) is 12.3. The number of anilines is 3. The number of aromatic nitrogens is 2. The molecule has 0 atom stereocenters. The van der Waals surface area contributed by atoms with Crippen LogP contribution in [0.4, 0.5) is 17.6 Å². The second-order valence-corrected chi connectivity index (χ2v) is 10.7. The molecule has 4 N–H and O–H groups in total. The van der Waals surface area contributed by atoms with Gasteiger partial charge in [-0.05, 0) is 68.6 Å². The molecule has 1 heterocycles. The molecule has 0 saturated heterocycles. The van der Waals surface area contributed by atoms with Gasteiger partial charge in [0.25, 0.3) is 0 Å². The summed E-state index contributed by atoms with van der Waals surface area (Å²) in [6.45, 7) is 2.49. The number of rotatable bonds is 13. The fraction of sp³-hybridized carbons (Fsp3) is 0.346. The van der Waals surface area contributed by atoms with Crippen molar-refractivity contribution in [1.82, 2.24) is 14.7 Å². The second-order valence-electron chi connectivity index (χ2n) is 8.79. The zero-order chi connectivity index (χ0) is 27.1. The third-order valence-corrected chi connectivity index (χ3v) is 7.42. The lowest BCUT2D eigenvalue weighted by Crippen LogP contribution is -2.18. The molecule has 2 aromatic carbocycles. The van der Waals surface area contributed by atoms with E-state index in [9.17, 15) is 8.42 Å². The molecular formula is C26H33N7O4S. The molecule has 38 heavy (non-hydrogen) atoms. The molecule has 0 bridgehead atoms. The highest BCUT2D eigenvalue weighted by molar-refractivity contribution is 7.89. The first kappa shape index (κ1) is 27.1. The Morgan fingerprint density at radius 1 is 1.00 bits per heavy atom. The average Bonchev–Trinajstić information content (AvgIpc) is 3.75. The van der Waals surface area contributed by atoms with E-state index in [1.807, 2.05) is 25.1 Å². The van der Waals surface area contributed by atoms with Gasteiger partial charge in [0.1, 0.15) is 5.82 Å². The van der Waals surface area contributed by atoms with Crippen molar-refractivity contribution in [2.45, 2.75) is 37.1 Å². The maximum absolute atomic E-state index is 12.0. The minimum Gasteiger partial charge on any atom is -0.493 e. The highest BCUT2D eigenvalue weighted by atomic mass is 32.2. The van der Waals surface area contributed by atoms with Gasteiger partial charge in [0.05, 0.1) is 24.8 Å². The Labute approximate surface area is 223 Å². The summed E-state index contributed by atoms with van der Waals surface area (Å²) >= 11 is 0. The van der Waals surface area contributed by atoms with Crippen molar-refractivity contribution in [1.29, 1.82) is 0 Å². The predicted octanol–water partition coefficient (Wildman–Crippen LogP) is 3.47. The Bertz CT molecular complexity index is 1390. The van der Waals surface area contributed by atoms with E-state index in [1.54, 1.807) is 44.6 Å². The summed E-state index contributed by atoms with van der Waals surface area (Å²) in [5.41, 5.74) is 5.57. The van der Waals surface area contributed by atoms with Crippen LogP contribution in [0.5, 0.6) is 11.5 Å². The minimum absolute atomic E-state index is 0.194. The lowest BCUT2D eigenvalue weighted by atomic mass is 10.1. The van der Waals surface area contributed by atoms with Crippen LogP contribution in [0.1, 0.15) is 30.9 Å². The molecule has 11 nitrogen and oxygen atoms in total. The van der Waals surface area contributed by atoms with E-state index in [2.05, 4.69) is 35.9 Å². The maximum Gasteiger partial charge on any atom is 0.240 e. The molecule has 0 spiro atoms. The van der Waals surface area contributed by atoms with Crippen LogP contribution in [0.15, 0.2) is 58.5 Å². The van der Waals surface area contributed by atoms with Gasteiger partial charge < -0.3 is 20.1 Å². The zero-order valence-electron chi connectivity index (χ0n) is 21.9. The number of hydrogen-bond acceptors (Lipinski definition) is 10. The van der Waals surface area contributed by atoms with Gasteiger partial charge in [0, 0.05) is 18.7 Å². The summed E-state index contributed by atoms with van der Waals surface area (Å²) in [6, 6.07) is 14.6. The van der Waals surface area contributed by atoms with Gasteiger partial charge in [-0.3, -0.25) is 5.43 Å². The Morgan fingerprint density at radius 3 is 2.37 bits per heavy atom. The number of nitrogens with zero attached hydrogens (tertiary/aromatic N) is 3. The topological polar surface area (TPSA) is 139 Å². The van der Waals surface area contributed by atoms with Crippen molar-refractivity contribution in [2.75, 3.05) is 43.9 Å². The highest BCUT2D eigenvalue weighted by Gasteiger charge is 2.22. The van der Waals surface area contributed by atoms with Gasteiger partial charge in [-0.1, -0.05) is 18.2 Å². The molecule has 0 aliphatic heterocycles. The Hall–Kier alpha value is -3.90. The van der Waals surface area contributed by atoms with Gasteiger partial charge >= 0.3 is 0 Å². The number of hydrazone groups is 1. The smallest absolute Gasteiger partial charge is 0.240 e. The van der Waals surface area contributed by atoms with Crippen LogP contribution in [0.3, 0.4) is 0 Å². The van der Waals surface area contributed by atoms with Crippen molar-refractivity contribution < 1.29 is 17.9 Å². The van der Waals surface area contributed by atoms with Crippen molar-refractivity contribution in [3.05, 3.63) is 59.7 Å². The number of sulfonamides is 1. The average molecular weight is 540 g/mol. The van der Waals surface area contributed by atoms with E-state index in [-0.39, 0.29) is 4.90 Å². The van der Waals surface area contributed by atoms with E-state index in [0.29, 0.717) is 47.4 Å². The summed E-state index contributed by atoms with van der Waals surface area (Å²) in [5, 5.41) is 11.1. The van der Waals surface area contributed by atoms with Crippen LogP contribution in [0, 0.1) is 0 Å². The highest BCUT2D eigenvalue weighted by Crippen LogP contribution is 2.28. The summed E-state index contributed by atoms with van der Waals surface area (Å²) in [4.78, 5) is 9.34. The molecular weight excluding hydrogens is 506 g/mol. The largest absolute Gasteiger partial charge is 0.493 e. The van der Waals surface area contributed by atoms with Gasteiger partial charge in [0.2, 0.25) is 16.0 Å². The van der Waals surface area contributed by atoms with E-state index in [1.165, 1.54) is 7.05 Å². The quantitative estimate of drug-likeness (QED) is 0.190. The SMILES string of the molecule is CNS(=O)(=O)c1ccc(C(C)=NNc2cc(NCCc3ccc(OC)c(OC)c3)nc(NC3CC3)n2)cc1. The van der Waals surface area contributed by atoms with Crippen molar-refractivity contribution in [3.63, 3.8) is 0 Å². The number of nitrogens with one attached hydrogen (secondary N) is 4. The minimum atomic E-state index is -3.49. The number of methoxy groups -OCH3 is 2. The van der Waals surface area contributed by atoms with Crippen molar-refractivity contribution in [2.24, 2.45) is 5.10 Å². The fourth-order valence-corrected chi connectivity index (χ4v) is 4.37. The Morgan fingerprint density at radius 2 is 1.71 bits per heavy atom. The molecule has 4 rings (SSSR count). The van der Waals surface area contributed by atoms with Crippen LogP contribution in [-0.2, 0) is 16.4 Å². The molecule has 0 radical (unpaired) electrons. The molecule has 1 saturated carbocycles. The summed E-state index contributed by atoms with van der Waals surface area (Å²) < 4.78 is 36.9. The summed E-state index contributed by atoms with van der Waals surface area (Å²) in [6.07, 6.45) is 2.95. The monoisotopic (exact) mass is 539 g/mol. The van der Waals surface area contributed by atoms with Crippen LogP contribution in [-0.4, -0.2) is 58.0 Å². The predicted molar refractivity (Wildman–Crippen MR) is 149 cm³/mol. The first-order chi connectivity index (χ1) is 18.3. The molecule has 0 unspecified atom stereocenters. The van der Waals surface area contributed by atoms with Crippen LogP contribution >= 0.6 is 0 Å². The van der Waals surface area contributed by atoms with Crippen molar-refractivity contribution >= 4 is 33.3 Å². The summed E-state index contributed by atoms with van der Waals surface area (Å²) in [5.74, 6) is 3.12. The van der Waals surface area contributed by atoms with Gasteiger partial charge in [-0.25, -0.2) is 13.1 Å². The van der Waals surface area contributed by atoms with Gasteiger partial charge in [0.15, 0.2) is 17.3 Å². The van der Waals surface area contributed by atoms with E-state index in [0.717, 1.165) is 30.4 Å². The zero-order valence-corrected chi connectivity index (χ0v) is 22.7. The molecule has 12 heteroatoms. The van der Waals surface area contributed by atoms with E-state index >= 15 is 0 Å². The number of benzene rings is 2. The molecule has 3 aromatic rings. The molecule has 1 aliphatic rings. The van der Waals surface area contributed by atoms with Gasteiger partial charge in [-0.2, -0.15) is 15.1 Å². The van der Waals surface area contributed by atoms with Crippen LogP contribution in [0.2, 0.25) is 0 Å². The molecule has 0 amide bonds. The standard InChI is InChI=1S/C26H33N7O4S/c1-17(19-6-10-21(11-7-19)38(34,35)27-2)32-33-25-16-24(30-26(31-25)29-20-8-9-20)28-14-13-18-5-12-22(36-3)23(15-18)37-4/h5-7,10-12,15-16,20,27H,8-9,13-14H2,1-4H3,(H3,28,29,30,31,33). The lowest BCUT2D eigenvalue weighted by Gasteiger charge is -2.12. The van der Waals surface area contributed by atoms with Gasteiger partial charge in [-0.15, -0.1) is 0 Å². The van der Waals surface area contributed by atoms with E-state index in [4.69, 9.17) is 9.47 Å². The second kappa shape index (κ2) is 12.1. The third kappa shape index (κ3) is 7.11. The van der Waals surface area contributed by atoms with Crippen LogP contribution in [0.25, 0.3) is 0 Å². The normalized spacial score (nSPS) is 13.6. The molecule has 1 fully saturated rings.